The molecular formula is C30H25F2NO5S. The van der Waals surface area contributed by atoms with E-state index in [1.807, 2.05) is 30.3 Å². The van der Waals surface area contributed by atoms with Crippen LogP contribution in [0.15, 0.2) is 72.8 Å². The van der Waals surface area contributed by atoms with E-state index in [-0.39, 0.29) is 5.69 Å². The van der Waals surface area contributed by atoms with Gasteiger partial charge in [-0.05, 0) is 60.2 Å². The smallest absolute Gasteiger partial charge is 0.412 e. The SMILES string of the molecule is COc1cc(-c2sc(F)cc2NC(=O)OC(C)c2ccc(F)cc2)ccc1-c1ccc(C2(C(=O)O)CC2)cc1. The third-order valence-electron chi connectivity index (χ3n) is 6.93. The van der Waals surface area contributed by atoms with E-state index >= 15 is 0 Å². The van der Waals surface area contributed by atoms with E-state index in [2.05, 4.69) is 5.32 Å². The molecular weight excluding hydrogens is 524 g/mol. The van der Waals surface area contributed by atoms with Gasteiger partial charge in [-0.2, -0.15) is 4.39 Å². The predicted molar refractivity (Wildman–Crippen MR) is 145 cm³/mol. The molecule has 0 saturated heterocycles. The third-order valence-corrected chi connectivity index (χ3v) is 7.91. The topological polar surface area (TPSA) is 84.9 Å². The summed E-state index contributed by atoms with van der Waals surface area (Å²) in [7, 11) is 1.53. The normalized spacial score (nSPS) is 14.4. The molecule has 2 N–H and O–H groups in total. The van der Waals surface area contributed by atoms with E-state index in [4.69, 9.17) is 9.47 Å². The highest BCUT2D eigenvalue weighted by atomic mass is 32.1. The Morgan fingerprint density at radius 3 is 2.26 bits per heavy atom. The Bertz CT molecular complexity index is 1530. The van der Waals surface area contributed by atoms with Gasteiger partial charge in [-0.25, -0.2) is 9.18 Å². The molecule has 1 aromatic heterocycles. The van der Waals surface area contributed by atoms with E-state index in [0.29, 0.717) is 34.6 Å². The molecule has 0 bridgehead atoms. The summed E-state index contributed by atoms with van der Waals surface area (Å²) in [5, 5.41) is 11.7. The number of halogens is 2. The van der Waals surface area contributed by atoms with Gasteiger partial charge in [0.05, 0.1) is 23.1 Å². The minimum Gasteiger partial charge on any atom is -0.496 e. The number of anilines is 1. The molecule has 9 heteroatoms. The lowest BCUT2D eigenvalue weighted by molar-refractivity contribution is -0.140. The second-order valence-electron chi connectivity index (χ2n) is 9.40. The van der Waals surface area contributed by atoms with E-state index < -0.39 is 34.5 Å². The van der Waals surface area contributed by atoms with Crippen LogP contribution in [0.4, 0.5) is 19.3 Å². The van der Waals surface area contributed by atoms with E-state index in [1.165, 1.54) is 37.4 Å². The van der Waals surface area contributed by atoms with E-state index in [1.54, 1.807) is 19.1 Å². The van der Waals surface area contributed by atoms with Crippen molar-refractivity contribution in [3.63, 3.8) is 0 Å². The van der Waals surface area contributed by atoms with Crippen molar-refractivity contribution in [2.45, 2.75) is 31.3 Å². The van der Waals surface area contributed by atoms with Crippen molar-refractivity contribution < 1.29 is 33.0 Å². The fourth-order valence-corrected chi connectivity index (χ4v) is 5.40. The number of carbonyl (C=O) groups is 2. The molecule has 1 amide bonds. The van der Waals surface area contributed by atoms with Crippen LogP contribution < -0.4 is 10.1 Å². The first-order valence-corrected chi connectivity index (χ1v) is 13.1. The molecule has 0 spiro atoms. The van der Waals surface area contributed by atoms with Crippen molar-refractivity contribution in [3.8, 4) is 27.3 Å². The van der Waals surface area contributed by atoms with E-state index in [0.717, 1.165) is 28.0 Å². The molecule has 3 aromatic carbocycles. The fourth-order valence-electron chi connectivity index (χ4n) is 4.56. The minimum absolute atomic E-state index is 0.247. The second kappa shape index (κ2) is 10.5. The number of aliphatic carboxylic acids is 1. The number of nitrogens with one attached hydrogen (secondary N) is 1. The number of hydrogen-bond acceptors (Lipinski definition) is 5. The Morgan fingerprint density at radius 1 is 0.974 bits per heavy atom. The summed E-state index contributed by atoms with van der Waals surface area (Å²) in [6.07, 6.45) is -0.156. The number of amides is 1. The van der Waals surface area contributed by atoms with Gasteiger partial charge in [-0.3, -0.25) is 10.1 Å². The first kappa shape index (κ1) is 26.4. The summed E-state index contributed by atoms with van der Waals surface area (Å²) in [6, 6.07) is 19.6. The number of carboxylic acid groups (broad SMARTS) is 1. The van der Waals surface area contributed by atoms with Crippen LogP contribution >= 0.6 is 11.3 Å². The maximum absolute atomic E-state index is 14.3. The van der Waals surface area contributed by atoms with Crippen LogP contribution in [0.2, 0.25) is 0 Å². The van der Waals surface area contributed by atoms with Crippen LogP contribution in [0.5, 0.6) is 5.75 Å². The van der Waals surface area contributed by atoms with Crippen LogP contribution in [-0.4, -0.2) is 24.3 Å². The summed E-state index contributed by atoms with van der Waals surface area (Å²) in [5.74, 6) is -0.664. The van der Waals surface area contributed by atoms with Gasteiger partial charge in [-0.1, -0.05) is 48.5 Å². The Labute approximate surface area is 227 Å². The highest BCUT2D eigenvalue weighted by Gasteiger charge is 2.51. The van der Waals surface area contributed by atoms with Gasteiger partial charge in [0.15, 0.2) is 5.13 Å². The van der Waals surface area contributed by atoms with Gasteiger partial charge in [0, 0.05) is 11.6 Å². The number of methoxy groups -OCH3 is 1. The van der Waals surface area contributed by atoms with Crippen molar-refractivity contribution in [2.75, 3.05) is 12.4 Å². The van der Waals surface area contributed by atoms with Gasteiger partial charge in [-0.15, -0.1) is 11.3 Å². The number of carbonyl (C=O) groups excluding carboxylic acids is 1. The zero-order valence-electron chi connectivity index (χ0n) is 21.2. The average molecular weight is 550 g/mol. The number of ether oxygens (including phenoxy) is 2. The largest absolute Gasteiger partial charge is 0.496 e. The molecule has 1 aliphatic rings. The van der Waals surface area contributed by atoms with Crippen LogP contribution in [0.3, 0.4) is 0 Å². The molecule has 1 fully saturated rings. The Hall–Kier alpha value is -4.24. The summed E-state index contributed by atoms with van der Waals surface area (Å²) < 4.78 is 38.5. The third kappa shape index (κ3) is 5.35. The lowest BCUT2D eigenvalue weighted by atomic mass is 9.93. The summed E-state index contributed by atoms with van der Waals surface area (Å²) in [6.45, 7) is 1.66. The van der Waals surface area contributed by atoms with E-state index in [9.17, 15) is 23.5 Å². The highest BCUT2D eigenvalue weighted by Crippen LogP contribution is 2.49. The molecule has 200 valence electrons. The predicted octanol–water partition coefficient (Wildman–Crippen LogP) is 7.79. The Morgan fingerprint density at radius 2 is 1.64 bits per heavy atom. The number of rotatable bonds is 8. The molecule has 1 saturated carbocycles. The molecule has 0 radical (unpaired) electrons. The summed E-state index contributed by atoms with van der Waals surface area (Å²) >= 11 is 0.872. The Kier molecular flexibility index (Phi) is 7.10. The lowest BCUT2D eigenvalue weighted by Crippen LogP contribution is -2.19. The maximum Gasteiger partial charge on any atom is 0.412 e. The van der Waals surface area contributed by atoms with Crippen LogP contribution in [-0.2, 0) is 14.9 Å². The average Bonchev–Trinajstić information content (AvgIpc) is 3.66. The number of thiophene rings is 1. The highest BCUT2D eigenvalue weighted by molar-refractivity contribution is 7.14. The number of hydrogen-bond donors (Lipinski definition) is 2. The second-order valence-corrected chi connectivity index (χ2v) is 10.4. The van der Waals surface area contributed by atoms with Crippen molar-refractivity contribution in [1.29, 1.82) is 0 Å². The first-order valence-electron chi connectivity index (χ1n) is 12.3. The van der Waals surface area contributed by atoms with Gasteiger partial charge in [0.2, 0.25) is 0 Å². The molecule has 1 atom stereocenters. The standard InChI is InChI=1S/C30H25F2NO5S/c1-17(18-5-10-22(31)11-6-18)38-29(36)33-24-16-26(32)39-27(24)20-7-12-23(25(15-20)37-2)19-3-8-21(9-4-19)30(13-14-30)28(34)35/h3-12,15-17H,13-14H2,1-2H3,(H,33,36)(H,34,35). The van der Waals surface area contributed by atoms with Crippen LogP contribution in [0, 0.1) is 10.9 Å². The zero-order chi connectivity index (χ0) is 27.7. The minimum atomic E-state index is -0.807. The summed E-state index contributed by atoms with van der Waals surface area (Å²) in [4.78, 5) is 24.7. The van der Waals surface area contributed by atoms with Gasteiger partial charge in [0.25, 0.3) is 0 Å². The van der Waals surface area contributed by atoms with Crippen molar-refractivity contribution in [1.82, 2.24) is 0 Å². The molecule has 1 unspecified atom stereocenters. The molecule has 4 aromatic rings. The molecule has 1 aliphatic carbocycles. The number of benzene rings is 3. The number of carboxylic acids is 1. The first-order chi connectivity index (χ1) is 18.7. The quantitative estimate of drug-likeness (QED) is 0.234. The van der Waals surface area contributed by atoms with Crippen LogP contribution in [0.1, 0.15) is 37.0 Å². The Balaban J connectivity index is 1.36. The maximum atomic E-state index is 14.3. The van der Waals surface area contributed by atoms with Crippen molar-refractivity contribution in [3.05, 3.63) is 94.9 Å². The molecule has 6 nitrogen and oxygen atoms in total. The fraction of sp³-hybridized carbons (Fsp3) is 0.200. The monoisotopic (exact) mass is 549 g/mol. The summed E-state index contributed by atoms with van der Waals surface area (Å²) in [5.41, 5.74) is 3.12. The van der Waals surface area contributed by atoms with Gasteiger partial charge >= 0.3 is 12.1 Å². The van der Waals surface area contributed by atoms with Crippen molar-refractivity contribution >= 4 is 29.1 Å². The van der Waals surface area contributed by atoms with Crippen molar-refractivity contribution in [2.24, 2.45) is 0 Å². The molecule has 39 heavy (non-hydrogen) atoms. The lowest BCUT2D eigenvalue weighted by Gasteiger charge is -2.15. The molecule has 0 aliphatic heterocycles. The van der Waals surface area contributed by atoms with Crippen LogP contribution in [0.25, 0.3) is 21.6 Å². The molecule has 5 rings (SSSR count). The van der Waals surface area contributed by atoms with Gasteiger partial charge < -0.3 is 14.6 Å². The molecule has 1 heterocycles. The van der Waals surface area contributed by atoms with Gasteiger partial charge in [0.1, 0.15) is 17.7 Å². The zero-order valence-corrected chi connectivity index (χ0v) is 22.0.